The number of carbonyl (C=O) groups is 1. The van der Waals surface area contributed by atoms with Gasteiger partial charge in [-0.25, -0.2) is 4.98 Å². The van der Waals surface area contributed by atoms with Crippen LogP contribution in [0.2, 0.25) is 0 Å². The van der Waals surface area contributed by atoms with Gasteiger partial charge in [-0.05, 0) is 26.7 Å². The second-order valence-corrected chi connectivity index (χ2v) is 6.32. The molecule has 1 aromatic heterocycles. The SMILES string of the molecule is CC(C)(Cc1csc(C2CCOCC2)n1)C(=O)O. The molecule has 0 saturated carbocycles. The summed E-state index contributed by atoms with van der Waals surface area (Å²) < 4.78 is 5.34. The first-order valence-electron chi connectivity index (χ1n) is 6.24. The molecule has 2 rings (SSSR count). The third-order valence-corrected chi connectivity index (χ3v) is 4.40. The minimum absolute atomic E-state index is 0.488. The third-order valence-electron chi connectivity index (χ3n) is 3.34. The van der Waals surface area contributed by atoms with Crippen molar-refractivity contribution in [3.63, 3.8) is 0 Å². The van der Waals surface area contributed by atoms with Crippen LogP contribution in [0.5, 0.6) is 0 Å². The van der Waals surface area contributed by atoms with Crippen LogP contribution in [0, 0.1) is 5.41 Å². The Balaban J connectivity index is 2.03. The van der Waals surface area contributed by atoms with Gasteiger partial charge in [-0.1, -0.05) is 0 Å². The van der Waals surface area contributed by atoms with Crippen molar-refractivity contribution in [2.24, 2.45) is 5.41 Å². The van der Waals surface area contributed by atoms with Crippen molar-refractivity contribution in [1.29, 1.82) is 0 Å². The molecule has 1 N–H and O–H groups in total. The fourth-order valence-corrected chi connectivity index (χ4v) is 3.06. The van der Waals surface area contributed by atoms with Gasteiger partial charge in [-0.3, -0.25) is 4.79 Å². The lowest BCUT2D eigenvalue weighted by atomic mass is 9.88. The molecule has 4 nitrogen and oxygen atoms in total. The quantitative estimate of drug-likeness (QED) is 0.913. The highest BCUT2D eigenvalue weighted by Gasteiger charge is 2.29. The van der Waals surface area contributed by atoms with Gasteiger partial charge in [0.25, 0.3) is 0 Å². The van der Waals surface area contributed by atoms with E-state index < -0.39 is 11.4 Å². The molecule has 1 aromatic rings. The molecule has 0 aromatic carbocycles. The molecule has 18 heavy (non-hydrogen) atoms. The highest BCUT2D eigenvalue weighted by atomic mass is 32.1. The van der Waals surface area contributed by atoms with Crippen LogP contribution in [0.1, 0.15) is 43.3 Å². The van der Waals surface area contributed by atoms with Crippen molar-refractivity contribution in [3.05, 3.63) is 16.1 Å². The van der Waals surface area contributed by atoms with Gasteiger partial charge in [-0.15, -0.1) is 11.3 Å². The number of hydrogen-bond acceptors (Lipinski definition) is 4. The monoisotopic (exact) mass is 269 g/mol. The number of aromatic nitrogens is 1. The lowest BCUT2D eigenvalue weighted by Gasteiger charge is -2.20. The van der Waals surface area contributed by atoms with E-state index in [1.54, 1.807) is 25.2 Å². The number of carboxylic acids is 1. The molecule has 2 heterocycles. The number of hydrogen-bond donors (Lipinski definition) is 1. The molecule has 1 aliphatic rings. The van der Waals surface area contributed by atoms with Gasteiger partial charge in [0, 0.05) is 30.9 Å². The summed E-state index contributed by atoms with van der Waals surface area (Å²) in [5.41, 5.74) is 0.148. The molecule has 0 spiro atoms. The fourth-order valence-electron chi connectivity index (χ4n) is 2.06. The minimum atomic E-state index is -0.775. The summed E-state index contributed by atoms with van der Waals surface area (Å²) in [7, 11) is 0. The van der Waals surface area contributed by atoms with Crippen molar-refractivity contribution in [2.75, 3.05) is 13.2 Å². The summed E-state index contributed by atoms with van der Waals surface area (Å²) in [4.78, 5) is 15.7. The van der Waals surface area contributed by atoms with Crippen molar-refractivity contribution in [2.45, 2.75) is 39.0 Å². The van der Waals surface area contributed by atoms with E-state index in [0.717, 1.165) is 36.8 Å². The molecule has 1 saturated heterocycles. The highest BCUT2D eigenvalue weighted by Crippen LogP contribution is 2.31. The van der Waals surface area contributed by atoms with Crippen LogP contribution in [-0.4, -0.2) is 29.3 Å². The second-order valence-electron chi connectivity index (χ2n) is 5.43. The van der Waals surface area contributed by atoms with Crippen LogP contribution in [-0.2, 0) is 16.0 Å². The maximum absolute atomic E-state index is 11.1. The van der Waals surface area contributed by atoms with Gasteiger partial charge in [0.15, 0.2) is 0 Å². The fraction of sp³-hybridized carbons (Fsp3) is 0.692. The molecule has 5 heteroatoms. The van der Waals surface area contributed by atoms with E-state index in [-0.39, 0.29) is 0 Å². The van der Waals surface area contributed by atoms with Gasteiger partial charge >= 0.3 is 5.97 Å². The first-order valence-corrected chi connectivity index (χ1v) is 7.12. The maximum Gasteiger partial charge on any atom is 0.309 e. The van der Waals surface area contributed by atoms with Crippen LogP contribution in [0.25, 0.3) is 0 Å². The normalized spacial score (nSPS) is 17.9. The summed E-state index contributed by atoms with van der Waals surface area (Å²) in [6.45, 7) is 5.09. The number of thiazole rings is 1. The zero-order chi connectivity index (χ0) is 13.2. The molecule has 1 aliphatic heterocycles. The molecule has 0 radical (unpaired) electrons. The second kappa shape index (κ2) is 5.36. The van der Waals surface area contributed by atoms with E-state index in [4.69, 9.17) is 9.84 Å². The summed E-state index contributed by atoms with van der Waals surface area (Å²) in [5.74, 6) is -0.284. The van der Waals surface area contributed by atoms with Gasteiger partial charge in [0.1, 0.15) is 0 Å². The number of nitrogens with zero attached hydrogens (tertiary/aromatic N) is 1. The molecule has 100 valence electrons. The Bertz CT molecular complexity index is 422. The van der Waals surface area contributed by atoms with E-state index in [9.17, 15) is 4.79 Å². The summed E-state index contributed by atoms with van der Waals surface area (Å²) in [6, 6.07) is 0. The van der Waals surface area contributed by atoms with Crippen LogP contribution in [0.4, 0.5) is 0 Å². The highest BCUT2D eigenvalue weighted by molar-refractivity contribution is 7.09. The predicted octanol–water partition coefficient (Wildman–Crippen LogP) is 2.69. The Morgan fingerprint density at radius 2 is 2.22 bits per heavy atom. The van der Waals surface area contributed by atoms with Gasteiger partial charge in [0.2, 0.25) is 0 Å². The Kier molecular flexibility index (Phi) is 4.02. The third kappa shape index (κ3) is 3.09. The number of carboxylic acid groups (broad SMARTS) is 1. The predicted molar refractivity (Wildman–Crippen MR) is 70.0 cm³/mol. The Labute approximate surface area is 111 Å². The van der Waals surface area contributed by atoms with Gasteiger partial charge in [-0.2, -0.15) is 0 Å². The summed E-state index contributed by atoms with van der Waals surface area (Å²) in [5, 5.41) is 12.2. The molecule has 0 bridgehead atoms. The molecule has 1 fully saturated rings. The van der Waals surface area contributed by atoms with Gasteiger partial charge < -0.3 is 9.84 Å². The van der Waals surface area contributed by atoms with Crippen LogP contribution < -0.4 is 0 Å². The molecule has 0 amide bonds. The lowest BCUT2D eigenvalue weighted by molar-refractivity contribution is -0.146. The zero-order valence-electron chi connectivity index (χ0n) is 10.8. The van der Waals surface area contributed by atoms with Crippen molar-refractivity contribution in [1.82, 2.24) is 4.98 Å². The topological polar surface area (TPSA) is 59.4 Å². The maximum atomic E-state index is 11.1. The van der Waals surface area contributed by atoms with E-state index in [2.05, 4.69) is 4.98 Å². The largest absolute Gasteiger partial charge is 0.481 e. The standard InChI is InChI=1S/C13H19NO3S/c1-13(2,12(15)16)7-10-8-18-11(14-10)9-3-5-17-6-4-9/h8-9H,3-7H2,1-2H3,(H,15,16). The zero-order valence-corrected chi connectivity index (χ0v) is 11.6. The number of aliphatic carboxylic acids is 1. The first-order chi connectivity index (χ1) is 8.49. The van der Waals surface area contributed by atoms with E-state index in [0.29, 0.717) is 12.3 Å². The molecule has 0 aliphatic carbocycles. The summed E-state index contributed by atoms with van der Waals surface area (Å²) in [6.07, 6.45) is 2.53. The number of rotatable bonds is 4. The average Bonchev–Trinajstić information content (AvgIpc) is 2.78. The minimum Gasteiger partial charge on any atom is -0.481 e. The van der Waals surface area contributed by atoms with E-state index in [1.165, 1.54) is 0 Å². The first kappa shape index (κ1) is 13.5. The van der Waals surface area contributed by atoms with Crippen molar-refractivity contribution >= 4 is 17.3 Å². The van der Waals surface area contributed by atoms with Crippen LogP contribution in [0.15, 0.2) is 5.38 Å². The van der Waals surface area contributed by atoms with Gasteiger partial charge in [0.05, 0.1) is 16.1 Å². The average molecular weight is 269 g/mol. The number of ether oxygens (including phenoxy) is 1. The summed E-state index contributed by atoms with van der Waals surface area (Å²) >= 11 is 1.65. The van der Waals surface area contributed by atoms with E-state index in [1.807, 2.05) is 5.38 Å². The Hall–Kier alpha value is -0.940. The molecular formula is C13H19NO3S. The lowest BCUT2D eigenvalue weighted by Crippen LogP contribution is -2.26. The Morgan fingerprint density at radius 3 is 2.83 bits per heavy atom. The molecule has 0 atom stereocenters. The molecule has 0 unspecified atom stereocenters. The molecular weight excluding hydrogens is 250 g/mol. The van der Waals surface area contributed by atoms with Crippen molar-refractivity contribution < 1.29 is 14.6 Å². The van der Waals surface area contributed by atoms with Crippen molar-refractivity contribution in [3.8, 4) is 0 Å². The van der Waals surface area contributed by atoms with Crippen LogP contribution in [0.3, 0.4) is 0 Å². The van der Waals surface area contributed by atoms with E-state index >= 15 is 0 Å². The van der Waals surface area contributed by atoms with Crippen LogP contribution >= 0.6 is 11.3 Å². The Morgan fingerprint density at radius 1 is 1.56 bits per heavy atom. The smallest absolute Gasteiger partial charge is 0.309 e.